The molecule has 0 spiro atoms. The molecule has 0 radical (unpaired) electrons. The van der Waals surface area contributed by atoms with Crippen molar-refractivity contribution < 1.29 is 24.9 Å². The summed E-state index contributed by atoms with van der Waals surface area (Å²) in [5, 5.41) is 27.4. The van der Waals surface area contributed by atoms with Crippen LogP contribution in [0.3, 0.4) is 0 Å². The van der Waals surface area contributed by atoms with E-state index in [4.69, 9.17) is 9.84 Å². The first kappa shape index (κ1) is 15.8. The van der Waals surface area contributed by atoms with Gasteiger partial charge in [-0.3, -0.25) is 19.1 Å². The van der Waals surface area contributed by atoms with E-state index in [9.17, 15) is 24.6 Å². The van der Waals surface area contributed by atoms with Crippen LogP contribution in [0.25, 0.3) is 0 Å². The van der Waals surface area contributed by atoms with Gasteiger partial charge in [-0.25, -0.2) is 4.79 Å². The summed E-state index contributed by atoms with van der Waals surface area (Å²) in [5.41, 5.74) is -1.34. The number of ether oxygens (including phenoxy) is 1. The van der Waals surface area contributed by atoms with Crippen LogP contribution in [0, 0.1) is 0 Å². The lowest BCUT2D eigenvalue weighted by molar-refractivity contribution is -0.133. The normalized spacial score (nSPS) is 28.7. The van der Waals surface area contributed by atoms with Crippen LogP contribution in [0.5, 0.6) is 0 Å². The molecule has 1 aromatic rings. The lowest BCUT2D eigenvalue weighted by Crippen LogP contribution is -2.37. The van der Waals surface area contributed by atoms with Crippen molar-refractivity contribution >= 4 is 17.7 Å². The van der Waals surface area contributed by atoms with Crippen LogP contribution in [0.15, 0.2) is 21.9 Å². The number of aliphatic hydroxyl groups excluding tert-OH is 2. The van der Waals surface area contributed by atoms with E-state index in [1.807, 2.05) is 4.98 Å². The molecule has 0 aromatic carbocycles. The second-order valence-electron chi connectivity index (χ2n) is 4.43. The van der Waals surface area contributed by atoms with E-state index in [1.54, 1.807) is 0 Å². The Kier molecular flexibility index (Phi) is 4.83. The van der Waals surface area contributed by atoms with Crippen LogP contribution >= 0.6 is 11.8 Å². The fourth-order valence-corrected chi connectivity index (χ4v) is 3.13. The third-order valence-electron chi connectivity index (χ3n) is 3.01. The molecule has 10 heteroatoms. The average Bonchev–Trinajstić information content (AvgIpc) is 2.73. The number of hydrogen-bond acceptors (Lipinski definition) is 7. The fourth-order valence-electron chi connectivity index (χ4n) is 2.10. The van der Waals surface area contributed by atoms with Gasteiger partial charge >= 0.3 is 11.7 Å². The molecule has 1 aliphatic rings. The Balaban J connectivity index is 2.24. The summed E-state index contributed by atoms with van der Waals surface area (Å²) in [6.07, 6.45) is -1.94. The van der Waals surface area contributed by atoms with Gasteiger partial charge in [-0.1, -0.05) is 0 Å². The van der Waals surface area contributed by atoms with E-state index in [2.05, 4.69) is 0 Å². The Morgan fingerprint density at radius 2 is 2.19 bits per heavy atom. The van der Waals surface area contributed by atoms with Crippen molar-refractivity contribution in [2.45, 2.75) is 23.7 Å². The number of nitrogens with one attached hydrogen (secondary N) is 1. The predicted molar refractivity (Wildman–Crippen MR) is 72.2 cm³/mol. The number of hydrogen-bond donors (Lipinski definition) is 4. The molecule has 9 nitrogen and oxygen atoms in total. The summed E-state index contributed by atoms with van der Waals surface area (Å²) >= 11 is 0.918. The molecule has 1 saturated heterocycles. The van der Waals surface area contributed by atoms with Crippen molar-refractivity contribution in [3.63, 3.8) is 0 Å². The van der Waals surface area contributed by atoms with E-state index in [-0.39, 0.29) is 5.75 Å². The first-order valence-corrected chi connectivity index (χ1v) is 7.08. The van der Waals surface area contributed by atoms with E-state index in [1.165, 1.54) is 6.20 Å². The molecular formula is C11H14N2O7S. The molecule has 0 amide bonds. The van der Waals surface area contributed by atoms with Crippen molar-refractivity contribution in [3.05, 3.63) is 33.1 Å². The summed E-state index contributed by atoms with van der Waals surface area (Å²) in [6.45, 7) is -0.428. The maximum Gasteiger partial charge on any atom is 0.330 e. The first-order valence-electron chi connectivity index (χ1n) is 6.03. The van der Waals surface area contributed by atoms with E-state index in [0.717, 1.165) is 22.4 Å². The number of aliphatic hydroxyl groups is 2. The number of carboxylic acids is 1. The van der Waals surface area contributed by atoms with Gasteiger partial charge in [-0.2, -0.15) is 0 Å². The quantitative estimate of drug-likeness (QED) is 0.487. The highest BCUT2D eigenvalue weighted by Gasteiger charge is 2.45. The lowest BCUT2D eigenvalue weighted by Gasteiger charge is -2.18. The zero-order valence-corrected chi connectivity index (χ0v) is 11.5. The Morgan fingerprint density at radius 1 is 1.48 bits per heavy atom. The molecule has 1 aromatic heterocycles. The zero-order valence-electron chi connectivity index (χ0n) is 10.7. The number of carbonyl (C=O) groups is 1. The Labute approximate surface area is 122 Å². The van der Waals surface area contributed by atoms with Crippen LogP contribution < -0.4 is 11.2 Å². The second-order valence-corrected chi connectivity index (χ2v) is 5.59. The smallest absolute Gasteiger partial charge is 0.330 e. The number of aromatic nitrogens is 2. The van der Waals surface area contributed by atoms with Gasteiger partial charge in [0.1, 0.15) is 6.10 Å². The minimum Gasteiger partial charge on any atom is -0.481 e. The molecule has 1 aliphatic heterocycles. The monoisotopic (exact) mass is 318 g/mol. The fraction of sp³-hybridized carbons (Fsp3) is 0.545. The Morgan fingerprint density at radius 3 is 2.76 bits per heavy atom. The minimum atomic E-state index is -1.20. The molecule has 116 valence electrons. The van der Waals surface area contributed by atoms with E-state index < -0.39 is 47.5 Å². The van der Waals surface area contributed by atoms with Crippen molar-refractivity contribution in [1.82, 2.24) is 9.55 Å². The zero-order chi connectivity index (χ0) is 15.6. The van der Waals surface area contributed by atoms with Gasteiger partial charge in [-0.05, 0) is 0 Å². The lowest BCUT2D eigenvalue weighted by atomic mass is 10.2. The molecule has 4 atom stereocenters. The molecule has 2 rings (SSSR count). The van der Waals surface area contributed by atoms with E-state index in [0.29, 0.717) is 0 Å². The van der Waals surface area contributed by atoms with Crippen LogP contribution in [-0.2, 0) is 9.53 Å². The number of aliphatic carboxylic acids is 1. The van der Waals surface area contributed by atoms with Gasteiger partial charge in [0.15, 0.2) is 6.23 Å². The van der Waals surface area contributed by atoms with Crippen LogP contribution in [0.2, 0.25) is 0 Å². The molecule has 0 aliphatic carbocycles. The number of aromatic amines is 1. The van der Waals surface area contributed by atoms with Crippen molar-refractivity contribution in [2.24, 2.45) is 0 Å². The Hall–Kier alpha value is -1.62. The number of carboxylic acid groups (broad SMARTS) is 1. The van der Waals surface area contributed by atoms with Crippen molar-refractivity contribution in [3.8, 4) is 0 Å². The van der Waals surface area contributed by atoms with E-state index >= 15 is 0 Å². The molecular weight excluding hydrogens is 304 g/mol. The molecule has 1 fully saturated rings. The van der Waals surface area contributed by atoms with Crippen molar-refractivity contribution in [1.29, 1.82) is 0 Å². The number of H-pyrrole nitrogens is 1. The van der Waals surface area contributed by atoms with Gasteiger partial charge in [0, 0.05) is 12.3 Å². The van der Waals surface area contributed by atoms with Gasteiger partial charge in [0.25, 0.3) is 5.56 Å². The standard InChI is InChI=1S/C11H14N2O7S/c14-3-5-9(21-4-7(16)17)8(18)10(20-5)13-2-1-6(15)12-11(13)19/h1-2,5,8-10,14,18H,3-4H2,(H,16,17)(H,12,15,19)/t5-,8+,9-,10-/m1/s1. The van der Waals surface area contributed by atoms with Crippen LogP contribution in [0.4, 0.5) is 0 Å². The predicted octanol–water partition coefficient (Wildman–Crippen LogP) is -2.03. The maximum atomic E-state index is 11.7. The number of thioether (sulfide) groups is 1. The largest absolute Gasteiger partial charge is 0.481 e. The van der Waals surface area contributed by atoms with Gasteiger partial charge < -0.3 is 20.1 Å². The Bertz CT molecular complexity index is 627. The highest BCUT2D eigenvalue weighted by molar-refractivity contribution is 8.00. The molecule has 2 heterocycles. The highest BCUT2D eigenvalue weighted by atomic mass is 32.2. The maximum absolute atomic E-state index is 11.7. The third kappa shape index (κ3) is 3.35. The first-order chi connectivity index (χ1) is 9.93. The summed E-state index contributed by atoms with van der Waals surface area (Å²) in [5.74, 6) is -1.33. The van der Waals surface area contributed by atoms with Crippen LogP contribution in [-0.4, -0.2) is 60.7 Å². The van der Waals surface area contributed by atoms with Gasteiger partial charge in [-0.15, -0.1) is 11.8 Å². The van der Waals surface area contributed by atoms with Crippen molar-refractivity contribution in [2.75, 3.05) is 12.4 Å². The van der Waals surface area contributed by atoms with Gasteiger partial charge in [0.2, 0.25) is 0 Å². The van der Waals surface area contributed by atoms with Crippen LogP contribution in [0.1, 0.15) is 6.23 Å². The molecule has 0 bridgehead atoms. The summed E-state index contributed by atoms with van der Waals surface area (Å²) < 4.78 is 6.40. The molecule has 21 heavy (non-hydrogen) atoms. The topological polar surface area (TPSA) is 142 Å². The average molecular weight is 318 g/mol. The number of rotatable bonds is 5. The number of nitrogens with zero attached hydrogens (tertiary/aromatic N) is 1. The third-order valence-corrected chi connectivity index (χ3v) is 4.39. The summed E-state index contributed by atoms with van der Waals surface area (Å²) in [4.78, 5) is 35.3. The second kappa shape index (κ2) is 6.43. The molecule has 0 saturated carbocycles. The molecule has 0 unspecified atom stereocenters. The minimum absolute atomic E-state index is 0.269. The SMILES string of the molecule is O=C(O)CS[C@H]1[C@H](O)[C@H](n2ccc(=O)[nH]c2=O)O[C@@H]1CO. The van der Waals surface area contributed by atoms with Gasteiger partial charge in [0.05, 0.1) is 23.7 Å². The summed E-state index contributed by atoms with van der Waals surface area (Å²) in [7, 11) is 0. The molecule has 4 N–H and O–H groups in total. The summed E-state index contributed by atoms with van der Waals surface area (Å²) in [6, 6.07) is 1.10. The highest BCUT2D eigenvalue weighted by Crippen LogP contribution is 2.35.